The first-order chi connectivity index (χ1) is 11.7. The third-order valence-corrected chi connectivity index (χ3v) is 5.27. The number of amides is 2. The topological polar surface area (TPSA) is 53.6 Å². The second-order valence-corrected chi connectivity index (χ2v) is 6.98. The summed E-state index contributed by atoms with van der Waals surface area (Å²) < 4.78 is 5.19. The minimum Gasteiger partial charge on any atom is -0.497 e. The number of nitrogens with one attached hydrogen (secondary N) is 2. The van der Waals surface area contributed by atoms with Crippen LogP contribution in [0.4, 0.5) is 10.5 Å². The van der Waals surface area contributed by atoms with Gasteiger partial charge in [-0.3, -0.25) is 4.90 Å². The Kier molecular flexibility index (Phi) is 5.61. The molecule has 0 aliphatic carbocycles. The summed E-state index contributed by atoms with van der Waals surface area (Å²) in [5.74, 6) is 0.746. The van der Waals surface area contributed by atoms with Crippen molar-refractivity contribution in [3.8, 4) is 5.75 Å². The zero-order valence-electron chi connectivity index (χ0n) is 14.8. The van der Waals surface area contributed by atoms with E-state index in [0.29, 0.717) is 12.1 Å². The van der Waals surface area contributed by atoms with Crippen LogP contribution in [0.15, 0.2) is 24.3 Å². The normalized spacial score (nSPS) is 26.7. The van der Waals surface area contributed by atoms with Gasteiger partial charge in [-0.05, 0) is 50.8 Å². The molecule has 0 aromatic heterocycles. The zero-order chi connectivity index (χ0) is 16.9. The van der Waals surface area contributed by atoms with E-state index in [4.69, 9.17) is 4.74 Å². The second kappa shape index (κ2) is 7.88. The molecule has 2 aliphatic heterocycles. The number of fused-ring (bicyclic) bond motifs is 2. The van der Waals surface area contributed by atoms with Gasteiger partial charge in [-0.2, -0.15) is 0 Å². The number of urea groups is 1. The predicted molar refractivity (Wildman–Crippen MR) is 96.6 cm³/mol. The van der Waals surface area contributed by atoms with Gasteiger partial charge in [0.05, 0.1) is 7.11 Å². The first-order valence-electron chi connectivity index (χ1n) is 9.17. The van der Waals surface area contributed by atoms with Crippen molar-refractivity contribution in [2.45, 2.75) is 63.6 Å². The number of carbonyl (C=O) groups excluding carboxylic acids is 1. The number of rotatable bonds is 5. The molecule has 2 amide bonds. The van der Waals surface area contributed by atoms with E-state index in [9.17, 15) is 4.79 Å². The Morgan fingerprint density at radius 3 is 2.71 bits per heavy atom. The smallest absolute Gasteiger partial charge is 0.319 e. The SMILES string of the molecule is CCCN1[C@@H]2CCC[C@H]1CC(NC(=O)Nc1cccc(OC)c1)C2. The standard InChI is InChI=1S/C19H29N3O2/c1-3-10-22-16-7-5-8-17(22)12-15(11-16)21-19(23)20-14-6-4-9-18(13-14)24-2/h4,6,9,13,15-17H,3,5,7-8,10-12H2,1-2H3,(H2,20,21,23)/t15?,16-,17+. The average molecular weight is 331 g/mol. The lowest BCUT2D eigenvalue weighted by molar-refractivity contribution is 0.0272. The van der Waals surface area contributed by atoms with Gasteiger partial charge in [-0.1, -0.05) is 19.4 Å². The van der Waals surface area contributed by atoms with Gasteiger partial charge in [-0.15, -0.1) is 0 Å². The van der Waals surface area contributed by atoms with E-state index >= 15 is 0 Å². The minimum absolute atomic E-state index is 0.115. The third kappa shape index (κ3) is 4.01. The molecule has 3 rings (SSSR count). The largest absolute Gasteiger partial charge is 0.497 e. The summed E-state index contributed by atoms with van der Waals surface area (Å²) in [6.07, 6.45) is 7.22. The highest BCUT2D eigenvalue weighted by molar-refractivity contribution is 5.89. The van der Waals surface area contributed by atoms with Crippen molar-refractivity contribution >= 4 is 11.7 Å². The molecule has 2 heterocycles. The van der Waals surface area contributed by atoms with Crippen LogP contribution in [0.1, 0.15) is 45.4 Å². The lowest BCUT2D eigenvalue weighted by Crippen LogP contribution is -2.57. The van der Waals surface area contributed by atoms with Gasteiger partial charge in [0.1, 0.15) is 5.75 Å². The molecule has 24 heavy (non-hydrogen) atoms. The molecular formula is C19H29N3O2. The molecule has 2 aliphatic rings. The van der Waals surface area contributed by atoms with Crippen molar-refractivity contribution in [2.75, 3.05) is 19.0 Å². The summed E-state index contributed by atoms with van der Waals surface area (Å²) in [6, 6.07) is 8.89. The molecule has 0 spiro atoms. The number of carbonyl (C=O) groups is 1. The van der Waals surface area contributed by atoms with Crippen LogP contribution < -0.4 is 15.4 Å². The lowest BCUT2D eigenvalue weighted by atomic mass is 9.81. The Morgan fingerprint density at radius 1 is 1.29 bits per heavy atom. The number of anilines is 1. The number of benzene rings is 1. The summed E-state index contributed by atoms with van der Waals surface area (Å²) in [5.41, 5.74) is 0.760. The van der Waals surface area contributed by atoms with E-state index in [1.54, 1.807) is 7.11 Å². The van der Waals surface area contributed by atoms with Gasteiger partial charge in [-0.25, -0.2) is 4.79 Å². The predicted octanol–water partition coefficient (Wildman–Crippen LogP) is 3.61. The molecule has 2 fully saturated rings. The number of ether oxygens (including phenoxy) is 1. The number of hydrogen-bond acceptors (Lipinski definition) is 3. The molecule has 2 N–H and O–H groups in total. The number of methoxy groups -OCH3 is 1. The summed E-state index contributed by atoms with van der Waals surface area (Å²) in [5, 5.41) is 6.10. The monoisotopic (exact) mass is 331 g/mol. The Morgan fingerprint density at radius 2 is 2.04 bits per heavy atom. The van der Waals surface area contributed by atoms with Gasteiger partial charge in [0.15, 0.2) is 0 Å². The molecule has 2 saturated heterocycles. The van der Waals surface area contributed by atoms with Crippen molar-refractivity contribution in [1.29, 1.82) is 0 Å². The molecular weight excluding hydrogens is 302 g/mol. The van der Waals surface area contributed by atoms with Crippen LogP contribution in [0.5, 0.6) is 5.75 Å². The molecule has 0 saturated carbocycles. The minimum atomic E-state index is -0.115. The van der Waals surface area contributed by atoms with Gasteiger partial charge in [0.2, 0.25) is 0 Å². The second-order valence-electron chi connectivity index (χ2n) is 6.98. The Labute approximate surface area is 144 Å². The zero-order valence-corrected chi connectivity index (χ0v) is 14.8. The molecule has 3 atom stereocenters. The maximum atomic E-state index is 12.3. The Bertz CT molecular complexity index is 549. The van der Waals surface area contributed by atoms with E-state index in [2.05, 4.69) is 22.5 Å². The summed E-state index contributed by atoms with van der Waals surface area (Å²) in [7, 11) is 1.63. The molecule has 1 aromatic carbocycles. The lowest BCUT2D eigenvalue weighted by Gasteiger charge is -2.49. The molecule has 2 bridgehead atoms. The van der Waals surface area contributed by atoms with E-state index in [-0.39, 0.29) is 12.1 Å². The highest BCUT2D eigenvalue weighted by Gasteiger charge is 2.38. The number of nitrogens with zero attached hydrogens (tertiary/aromatic N) is 1. The maximum Gasteiger partial charge on any atom is 0.319 e. The van der Waals surface area contributed by atoms with E-state index in [1.165, 1.54) is 32.2 Å². The third-order valence-electron chi connectivity index (χ3n) is 5.27. The van der Waals surface area contributed by atoms with Gasteiger partial charge in [0, 0.05) is 29.9 Å². The van der Waals surface area contributed by atoms with Crippen LogP contribution in [0.2, 0.25) is 0 Å². The van der Waals surface area contributed by atoms with Crippen LogP contribution >= 0.6 is 0 Å². The molecule has 5 nitrogen and oxygen atoms in total. The van der Waals surface area contributed by atoms with Crippen LogP contribution in [-0.4, -0.2) is 42.7 Å². The van der Waals surface area contributed by atoms with Crippen molar-refractivity contribution in [3.05, 3.63) is 24.3 Å². The van der Waals surface area contributed by atoms with Gasteiger partial charge in [0.25, 0.3) is 0 Å². The van der Waals surface area contributed by atoms with Gasteiger partial charge < -0.3 is 15.4 Å². The summed E-state index contributed by atoms with van der Waals surface area (Å²) in [4.78, 5) is 15.0. The number of piperidine rings is 2. The van der Waals surface area contributed by atoms with Crippen molar-refractivity contribution in [1.82, 2.24) is 10.2 Å². The van der Waals surface area contributed by atoms with Crippen LogP contribution in [-0.2, 0) is 0 Å². The fourth-order valence-corrected chi connectivity index (χ4v) is 4.27. The Balaban J connectivity index is 1.55. The first kappa shape index (κ1) is 17.1. The average Bonchev–Trinajstić information content (AvgIpc) is 2.56. The molecule has 1 unspecified atom stereocenters. The highest BCUT2D eigenvalue weighted by atomic mass is 16.5. The summed E-state index contributed by atoms with van der Waals surface area (Å²) >= 11 is 0. The maximum absolute atomic E-state index is 12.3. The summed E-state index contributed by atoms with van der Waals surface area (Å²) in [6.45, 7) is 3.44. The van der Waals surface area contributed by atoms with E-state index in [1.807, 2.05) is 24.3 Å². The van der Waals surface area contributed by atoms with Crippen LogP contribution in [0.25, 0.3) is 0 Å². The fraction of sp³-hybridized carbons (Fsp3) is 0.632. The van der Waals surface area contributed by atoms with Crippen LogP contribution in [0, 0.1) is 0 Å². The first-order valence-corrected chi connectivity index (χ1v) is 9.17. The molecule has 132 valence electrons. The fourth-order valence-electron chi connectivity index (χ4n) is 4.27. The van der Waals surface area contributed by atoms with Crippen molar-refractivity contribution in [3.63, 3.8) is 0 Å². The van der Waals surface area contributed by atoms with Gasteiger partial charge >= 0.3 is 6.03 Å². The van der Waals surface area contributed by atoms with Crippen LogP contribution in [0.3, 0.4) is 0 Å². The highest BCUT2D eigenvalue weighted by Crippen LogP contribution is 2.34. The Hall–Kier alpha value is -1.75. The van der Waals surface area contributed by atoms with E-state index < -0.39 is 0 Å². The molecule has 1 aromatic rings. The molecule has 0 radical (unpaired) electrons. The quantitative estimate of drug-likeness (QED) is 0.866. The molecule has 5 heteroatoms. The van der Waals surface area contributed by atoms with E-state index in [0.717, 1.165) is 24.3 Å². The van der Waals surface area contributed by atoms with Crippen molar-refractivity contribution < 1.29 is 9.53 Å². The van der Waals surface area contributed by atoms with Crippen molar-refractivity contribution in [2.24, 2.45) is 0 Å². The number of hydrogen-bond donors (Lipinski definition) is 2.